The molecule has 1 saturated heterocycles. The Morgan fingerprint density at radius 2 is 1.96 bits per heavy atom. The van der Waals surface area contributed by atoms with Crippen molar-refractivity contribution in [1.29, 1.82) is 0 Å². The van der Waals surface area contributed by atoms with Crippen molar-refractivity contribution in [2.75, 3.05) is 32.7 Å². The first kappa shape index (κ1) is 24.1. The monoisotopic (exact) mass is 494 g/mol. The molecule has 2 rings (SSSR count). The second-order valence-electron chi connectivity index (χ2n) is 7.36. The minimum Gasteiger partial charge on any atom is -0.357 e. The molecule has 0 radical (unpaired) electrons. The minimum absolute atomic E-state index is 0. The van der Waals surface area contributed by atoms with Gasteiger partial charge in [0.1, 0.15) is 11.6 Å². The Hall–Kier alpha value is -0.960. The topological polar surface area (TPSA) is 39.7 Å². The van der Waals surface area contributed by atoms with Crippen LogP contribution in [0, 0.1) is 17.6 Å². The average molecular weight is 494 g/mol. The lowest BCUT2D eigenvalue weighted by Gasteiger charge is -2.34. The molecule has 1 fully saturated rings. The quantitative estimate of drug-likeness (QED) is 0.344. The number of hydrogen-bond acceptors (Lipinski definition) is 2. The van der Waals surface area contributed by atoms with E-state index in [1.165, 1.54) is 12.1 Å². The van der Waals surface area contributed by atoms with Crippen LogP contribution in [0.2, 0.25) is 0 Å². The van der Waals surface area contributed by atoms with Crippen molar-refractivity contribution >= 4 is 29.9 Å². The number of halogens is 3. The van der Waals surface area contributed by atoms with Crippen LogP contribution < -0.4 is 10.6 Å². The van der Waals surface area contributed by atoms with Gasteiger partial charge in [0.2, 0.25) is 0 Å². The van der Waals surface area contributed by atoms with E-state index in [1.54, 1.807) is 0 Å². The second-order valence-corrected chi connectivity index (χ2v) is 7.36. The third-order valence-electron chi connectivity index (χ3n) is 4.56. The lowest BCUT2D eigenvalue weighted by Crippen LogP contribution is -2.49. The molecule has 0 unspecified atom stereocenters. The third-order valence-corrected chi connectivity index (χ3v) is 4.56. The Morgan fingerprint density at radius 1 is 1.26 bits per heavy atom. The number of nitrogens with one attached hydrogen (secondary N) is 2. The maximum atomic E-state index is 13.7. The summed E-state index contributed by atoms with van der Waals surface area (Å²) in [5.41, 5.74) is 0.494. The van der Waals surface area contributed by atoms with E-state index in [-0.39, 0.29) is 24.0 Å². The normalized spacial score (nSPS) is 16.3. The summed E-state index contributed by atoms with van der Waals surface area (Å²) in [6.45, 7) is 11.2. The van der Waals surface area contributed by atoms with E-state index in [0.29, 0.717) is 30.5 Å². The molecule has 1 aliphatic rings. The molecule has 0 amide bonds. The lowest BCUT2D eigenvalue weighted by molar-refractivity contribution is 0.187. The summed E-state index contributed by atoms with van der Waals surface area (Å²) in [7, 11) is 0. The van der Waals surface area contributed by atoms with Gasteiger partial charge in [-0.25, -0.2) is 8.78 Å². The van der Waals surface area contributed by atoms with Gasteiger partial charge in [-0.05, 0) is 43.7 Å². The first-order valence-electron chi connectivity index (χ1n) is 9.69. The van der Waals surface area contributed by atoms with Crippen LogP contribution in [-0.4, -0.2) is 49.6 Å². The van der Waals surface area contributed by atoms with Crippen LogP contribution in [0.4, 0.5) is 8.78 Å². The highest BCUT2D eigenvalue weighted by atomic mass is 127. The summed E-state index contributed by atoms with van der Waals surface area (Å²) < 4.78 is 26.7. The summed E-state index contributed by atoms with van der Waals surface area (Å²) in [6.07, 6.45) is 2.66. The molecule has 1 heterocycles. The SMILES string of the molecule is CCNC(=NCCc1ccc(F)cc1F)NC1CCN(CC(C)C)CC1.I. The molecular weight excluding hydrogens is 461 g/mol. The molecule has 27 heavy (non-hydrogen) atoms. The summed E-state index contributed by atoms with van der Waals surface area (Å²) in [5, 5.41) is 6.75. The van der Waals surface area contributed by atoms with Crippen molar-refractivity contribution in [3.05, 3.63) is 35.4 Å². The predicted octanol–water partition coefficient (Wildman–Crippen LogP) is 3.80. The first-order chi connectivity index (χ1) is 12.5. The van der Waals surface area contributed by atoms with E-state index in [2.05, 4.69) is 34.4 Å². The standard InChI is InChI=1S/C20H32F2N4.HI/c1-4-23-20(24-10-7-16-5-6-17(21)13-19(16)22)25-18-8-11-26(12-9-18)14-15(2)3;/h5-6,13,15,18H,4,7-12,14H2,1-3H3,(H2,23,24,25);1H. The fraction of sp³-hybridized carbons (Fsp3) is 0.650. The largest absolute Gasteiger partial charge is 0.357 e. The second kappa shape index (κ2) is 12.5. The van der Waals surface area contributed by atoms with E-state index in [9.17, 15) is 8.78 Å². The molecule has 1 aromatic rings. The van der Waals surface area contributed by atoms with Crippen LogP contribution in [0.25, 0.3) is 0 Å². The zero-order valence-corrected chi connectivity index (χ0v) is 18.9. The number of hydrogen-bond donors (Lipinski definition) is 2. The summed E-state index contributed by atoms with van der Waals surface area (Å²) >= 11 is 0. The van der Waals surface area contributed by atoms with Gasteiger partial charge in [-0.1, -0.05) is 19.9 Å². The summed E-state index contributed by atoms with van der Waals surface area (Å²) in [4.78, 5) is 7.07. The highest BCUT2D eigenvalue weighted by Gasteiger charge is 2.20. The van der Waals surface area contributed by atoms with Gasteiger partial charge < -0.3 is 15.5 Å². The number of likely N-dealkylation sites (tertiary alicyclic amines) is 1. The molecule has 2 N–H and O–H groups in total. The van der Waals surface area contributed by atoms with Gasteiger partial charge in [-0.3, -0.25) is 4.99 Å². The van der Waals surface area contributed by atoms with Crippen LogP contribution in [0.3, 0.4) is 0 Å². The van der Waals surface area contributed by atoms with Crippen LogP contribution in [0.15, 0.2) is 23.2 Å². The van der Waals surface area contributed by atoms with Gasteiger partial charge in [-0.2, -0.15) is 0 Å². The maximum absolute atomic E-state index is 13.7. The van der Waals surface area contributed by atoms with E-state index in [1.807, 2.05) is 6.92 Å². The van der Waals surface area contributed by atoms with Crippen LogP contribution >= 0.6 is 24.0 Å². The fourth-order valence-electron chi connectivity index (χ4n) is 3.30. The van der Waals surface area contributed by atoms with Crippen molar-refractivity contribution in [3.8, 4) is 0 Å². The molecule has 7 heteroatoms. The highest BCUT2D eigenvalue weighted by molar-refractivity contribution is 14.0. The van der Waals surface area contributed by atoms with E-state index < -0.39 is 11.6 Å². The van der Waals surface area contributed by atoms with Crippen molar-refractivity contribution < 1.29 is 8.78 Å². The number of guanidine groups is 1. The van der Waals surface area contributed by atoms with Crippen molar-refractivity contribution in [2.24, 2.45) is 10.9 Å². The molecule has 4 nitrogen and oxygen atoms in total. The first-order valence-corrected chi connectivity index (χ1v) is 9.69. The molecule has 0 saturated carbocycles. The average Bonchev–Trinajstić information content (AvgIpc) is 2.58. The minimum atomic E-state index is -0.548. The Labute approximate surface area is 179 Å². The number of benzene rings is 1. The molecule has 0 spiro atoms. The predicted molar refractivity (Wildman–Crippen MR) is 119 cm³/mol. The summed E-state index contributed by atoms with van der Waals surface area (Å²) in [5.74, 6) is 0.423. The van der Waals surface area contributed by atoms with Gasteiger partial charge >= 0.3 is 0 Å². The Bertz CT molecular complexity index is 587. The van der Waals surface area contributed by atoms with Crippen LogP contribution in [-0.2, 0) is 6.42 Å². The van der Waals surface area contributed by atoms with Gasteiger partial charge in [0, 0.05) is 44.8 Å². The fourth-order valence-corrected chi connectivity index (χ4v) is 3.30. The zero-order chi connectivity index (χ0) is 18.9. The van der Waals surface area contributed by atoms with Crippen molar-refractivity contribution in [1.82, 2.24) is 15.5 Å². The van der Waals surface area contributed by atoms with E-state index in [4.69, 9.17) is 0 Å². The third kappa shape index (κ3) is 8.72. The van der Waals surface area contributed by atoms with E-state index in [0.717, 1.165) is 51.0 Å². The maximum Gasteiger partial charge on any atom is 0.191 e. The summed E-state index contributed by atoms with van der Waals surface area (Å²) in [6, 6.07) is 4.12. The van der Waals surface area contributed by atoms with Gasteiger partial charge in [-0.15, -0.1) is 24.0 Å². The molecule has 1 aromatic carbocycles. The molecule has 0 aliphatic carbocycles. The van der Waals surface area contributed by atoms with E-state index >= 15 is 0 Å². The zero-order valence-electron chi connectivity index (χ0n) is 16.6. The van der Waals surface area contributed by atoms with Gasteiger partial charge in [0.15, 0.2) is 5.96 Å². The van der Waals surface area contributed by atoms with Crippen LogP contribution in [0.1, 0.15) is 39.2 Å². The molecule has 1 aliphatic heterocycles. The van der Waals surface area contributed by atoms with Gasteiger partial charge in [0.25, 0.3) is 0 Å². The van der Waals surface area contributed by atoms with Gasteiger partial charge in [0.05, 0.1) is 0 Å². The highest BCUT2D eigenvalue weighted by Crippen LogP contribution is 2.12. The number of aliphatic imine (C=N–C) groups is 1. The molecule has 0 aromatic heterocycles. The molecule has 0 bridgehead atoms. The Morgan fingerprint density at radius 3 is 2.56 bits per heavy atom. The van der Waals surface area contributed by atoms with Crippen LogP contribution in [0.5, 0.6) is 0 Å². The lowest BCUT2D eigenvalue weighted by atomic mass is 10.0. The number of rotatable bonds is 7. The smallest absolute Gasteiger partial charge is 0.191 e. The molecule has 0 atom stereocenters. The number of nitrogens with zero attached hydrogens (tertiary/aromatic N) is 2. The Balaban J connectivity index is 0.00000364. The Kier molecular flexibility index (Phi) is 11.1. The number of piperidine rings is 1. The van der Waals surface area contributed by atoms with Crippen molar-refractivity contribution in [2.45, 2.75) is 46.1 Å². The molecular formula is C20H33F2IN4. The molecule has 154 valence electrons. The van der Waals surface area contributed by atoms with Crippen molar-refractivity contribution in [3.63, 3.8) is 0 Å².